The summed E-state index contributed by atoms with van der Waals surface area (Å²) in [7, 11) is -2.28. The van der Waals surface area contributed by atoms with E-state index in [2.05, 4.69) is 10.0 Å². The van der Waals surface area contributed by atoms with Crippen LogP contribution in [0.4, 0.5) is 5.69 Å². The highest BCUT2D eigenvalue weighted by Crippen LogP contribution is 2.25. The van der Waals surface area contributed by atoms with Gasteiger partial charge in [0.05, 0.1) is 4.90 Å². The first-order valence-electron chi connectivity index (χ1n) is 7.35. The fraction of sp³-hybridized carbons (Fsp3) is 0.118. The van der Waals surface area contributed by atoms with Gasteiger partial charge in [0.1, 0.15) is 5.58 Å². The first kappa shape index (κ1) is 17.5. The molecule has 0 fully saturated rings. The van der Waals surface area contributed by atoms with Gasteiger partial charge in [-0.15, -0.1) is 0 Å². The third-order valence-corrected chi connectivity index (χ3v) is 5.50. The Morgan fingerprint density at radius 1 is 1.12 bits per heavy atom. The lowest BCUT2D eigenvalue weighted by molar-refractivity contribution is 0.0998. The summed E-state index contributed by atoms with van der Waals surface area (Å²) in [4.78, 5) is 12.5. The molecule has 0 saturated carbocycles. The molecule has 0 unspecified atom stereocenters. The van der Waals surface area contributed by atoms with Gasteiger partial charge in [-0.3, -0.25) is 4.79 Å². The predicted molar refractivity (Wildman–Crippen MR) is 96.6 cm³/mol. The van der Waals surface area contributed by atoms with Gasteiger partial charge < -0.3 is 9.73 Å². The highest BCUT2D eigenvalue weighted by molar-refractivity contribution is 7.89. The minimum Gasteiger partial charge on any atom is -0.451 e. The van der Waals surface area contributed by atoms with E-state index in [1.807, 2.05) is 0 Å². The van der Waals surface area contributed by atoms with Crippen molar-refractivity contribution in [3.8, 4) is 0 Å². The zero-order valence-electron chi connectivity index (χ0n) is 13.5. The summed E-state index contributed by atoms with van der Waals surface area (Å²) < 4.78 is 31.8. The molecule has 8 heteroatoms. The van der Waals surface area contributed by atoms with E-state index in [1.165, 1.54) is 13.1 Å². The number of carbonyl (C=O) groups is 1. The van der Waals surface area contributed by atoms with Crippen molar-refractivity contribution in [2.75, 3.05) is 12.4 Å². The minimum absolute atomic E-state index is 0.101. The number of fused-ring (bicyclic) bond motifs is 1. The van der Waals surface area contributed by atoms with Crippen LogP contribution in [-0.2, 0) is 10.0 Å². The topological polar surface area (TPSA) is 88.4 Å². The van der Waals surface area contributed by atoms with Crippen LogP contribution in [0.2, 0.25) is 5.02 Å². The summed E-state index contributed by atoms with van der Waals surface area (Å²) in [6.07, 6.45) is 0. The van der Waals surface area contributed by atoms with Gasteiger partial charge in [-0.1, -0.05) is 17.7 Å². The SMILES string of the molecule is CNS(=O)(=O)c1cc(NC(=O)c2cc3cc(Cl)ccc3o2)ccc1C. The average molecular weight is 379 g/mol. The Morgan fingerprint density at radius 3 is 2.60 bits per heavy atom. The molecule has 25 heavy (non-hydrogen) atoms. The van der Waals surface area contributed by atoms with Crippen LogP contribution < -0.4 is 10.0 Å². The molecule has 0 saturated heterocycles. The van der Waals surface area contributed by atoms with Gasteiger partial charge in [-0.05, 0) is 55.9 Å². The molecule has 1 amide bonds. The van der Waals surface area contributed by atoms with Crippen molar-refractivity contribution in [3.63, 3.8) is 0 Å². The zero-order chi connectivity index (χ0) is 18.2. The number of nitrogens with one attached hydrogen (secondary N) is 2. The van der Waals surface area contributed by atoms with Crippen LogP contribution in [0.3, 0.4) is 0 Å². The van der Waals surface area contributed by atoms with Crippen LogP contribution in [0.5, 0.6) is 0 Å². The van der Waals surface area contributed by atoms with Crippen LogP contribution in [0.1, 0.15) is 16.1 Å². The molecule has 1 aromatic heterocycles. The Balaban J connectivity index is 1.91. The van der Waals surface area contributed by atoms with Gasteiger partial charge in [-0.25, -0.2) is 13.1 Å². The fourth-order valence-electron chi connectivity index (χ4n) is 2.40. The number of halogens is 1. The number of benzene rings is 2. The molecule has 0 aliphatic heterocycles. The molecule has 2 N–H and O–H groups in total. The highest BCUT2D eigenvalue weighted by atomic mass is 35.5. The van der Waals surface area contributed by atoms with Crippen molar-refractivity contribution < 1.29 is 17.6 Å². The van der Waals surface area contributed by atoms with Crippen molar-refractivity contribution in [2.45, 2.75) is 11.8 Å². The molecule has 3 aromatic rings. The maximum Gasteiger partial charge on any atom is 0.291 e. The van der Waals surface area contributed by atoms with E-state index >= 15 is 0 Å². The monoisotopic (exact) mass is 378 g/mol. The molecule has 3 rings (SSSR count). The summed E-state index contributed by atoms with van der Waals surface area (Å²) in [6, 6.07) is 11.3. The smallest absolute Gasteiger partial charge is 0.291 e. The third-order valence-electron chi connectivity index (χ3n) is 3.71. The molecular weight excluding hydrogens is 364 g/mol. The lowest BCUT2D eigenvalue weighted by Crippen LogP contribution is -2.20. The number of anilines is 1. The number of carbonyl (C=O) groups excluding carboxylic acids is 1. The summed E-state index contributed by atoms with van der Waals surface area (Å²) in [5.74, 6) is -0.375. The largest absolute Gasteiger partial charge is 0.451 e. The van der Waals surface area contributed by atoms with Gasteiger partial charge in [0.15, 0.2) is 5.76 Å². The van der Waals surface area contributed by atoms with Crippen molar-refractivity contribution in [3.05, 3.63) is 58.8 Å². The van der Waals surface area contributed by atoms with Crippen molar-refractivity contribution in [1.82, 2.24) is 4.72 Å². The van der Waals surface area contributed by atoms with Gasteiger partial charge in [0, 0.05) is 16.1 Å². The Hall–Kier alpha value is -2.35. The summed E-state index contributed by atoms with van der Waals surface area (Å²) in [6.45, 7) is 1.68. The van der Waals surface area contributed by atoms with Crippen molar-refractivity contribution in [1.29, 1.82) is 0 Å². The number of hydrogen-bond acceptors (Lipinski definition) is 4. The van der Waals surface area contributed by atoms with E-state index in [-0.39, 0.29) is 10.7 Å². The molecule has 130 valence electrons. The Kier molecular flexibility index (Phi) is 4.55. The van der Waals surface area contributed by atoms with Crippen LogP contribution in [0.25, 0.3) is 11.0 Å². The van der Waals surface area contributed by atoms with E-state index in [0.717, 1.165) is 0 Å². The van der Waals surface area contributed by atoms with Gasteiger partial charge in [0.25, 0.3) is 5.91 Å². The van der Waals surface area contributed by atoms with Crippen LogP contribution in [0.15, 0.2) is 51.8 Å². The van der Waals surface area contributed by atoms with Gasteiger partial charge >= 0.3 is 0 Å². The molecular formula is C17H15ClN2O4S. The summed E-state index contributed by atoms with van der Waals surface area (Å²) >= 11 is 5.92. The highest BCUT2D eigenvalue weighted by Gasteiger charge is 2.17. The molecule has 1 heterocycles. The van der Waals surface area contributed by atoms with E-state index in [9.17, 15) is 13.2 Å². The molecule has 0 aliphatic rings. The predicted octanol–water partition coefficient (Wildman–Crippen LogP) is 3.56. The number of aryl methyl sites for hydroxylation is 1. The number of hydrogen-bond donors (Lipinski definition) is 2. The van der Waals surface area contributed by atoms with E-state index < -0.39 is 15.9 Å². The quantitative estimate of drug-likeness (QED) is 0.726. The lowest BCUT2D eigenvalue weighted by Gasteiger charge is -2.09. The second-order valence-electron chi connectivity index (χ2n) is 5.43. The Labute approximate surface area is 149 Å². The molecule has 2 aromatic carbocycles. The first-order chi connectivity index (χ1) is 11.8. The van der Waals surface area contributed by atoms with Crippen LogP contribution in [-0.4, -0.2) is 21.4 Å². The van der Waals surface area contributed by atoms with Crippen LogP contribution >= 0.6 is 11.6 Å². The number of rotatable bonds is 4. The minimum atomic E-state index is -3.62. The van der Waals surface area contributed by atoms with Crippen molar-refractivity contribution in [2.24, 2.45) is 0 Å². The van der Waals surface area contributed by atoms with Crippen LogP contribution in [0, 0.1) is 6.92 Å². The Bertz CT molecular complexity index is 1070. The van der Waals surface area contributed by atoms with E-state index in [4.69, 9.17) is 16.0 Å². The lowest BCUT2D eigenvalue weighted by atomic mass is 10.2. The molecule has 0 aliphatic carbocycles. The second kappa shape index (κ2) is 6.51. The molecule has 6 nitrogen and oxygen atoms in total. The van der Waals surface area contributed by atoms with E-state index in [1.54, 1.807) is 43.3 Å². The van der Waals surface area contributed by atoms with E-state index in [0.29, 0.717) is 27.2 Å². The molecule has 0 radical (unpaired) electrons. The van der Waals surface area contributed by atoms with Gasteiger partial charge in [0.2, 0.25) is 10.0 Å². The number of amides is 1. The summed E-state index contributed by atoms with van der Waals surface area (Å²) in [5.41, 5.74) is 1.46. The van der Waals surface area contributed by atoms with Gasteiger partial charge in [-0.2, -0.15) is 0 Å². The maximum absolute atomic E-state index is 12.4. The molecule has 0 spiro atoms. The normalized spacial score (nSPS) is 11.6. The number of sulfonamides is 1. The fourth-order valence-corrected chi connectivity index (χ4v) is 3.57. The first-order valence-corrected chi connectivity index (χ1v) is 9.21. The molecule has 0 bridgehead atoms. The average Bonchev–Trinajstić information content (AvgIpc) is 2.99. The summed E-state index contributed by atoms with van der Waals surface area (Å²) in [5, 5.41) is 3.89. The standard InChI is InChI=1S/C17H15ClN2O4S/c1-10-3-5-13(9-16(10)25(22,23)19-2)20-17(21)15-8-11-7-12(18)4-6-14(11)24-15/h3-9,19H,1-2H3,(H,20,21). The molecule has 0 atom stereocenters. The zero-order valence-corrected chi connectivity index (χ0v) is 15.0. The third kappa shape index (κ3) is 3.53. The second-order valence-corrected chi connectivity index (χ2v) is 7.73. The van der Waals surface area contributed by atoms with Crippen molar-refractivity contribution >= 4 is 44.2 Å². The Morgan fingerprint density at radius 2 is 1.88 bits per heavy atom. The number of furan rings is 1. The maximum atomic E-state index is 12.4.